The van der Waals surface area contributed by atoms with Crippen LogP contribution in [0.5, 0.6) is 0 Å². The van der Waals surface area contributed by atoms with Gasteiger partial charge in [-0.25, -0.2) is 0 Å². The Balaban J connectivity index is 1.48. The number of fused-ring (bicyclic) bond motifs is 1. The third kappa shape index (κ3) is 5.79. The van der Waals surface area contributed by atoms with E-state index in [4.69, 9.17) is 5.73 Å². The number of anilines is 3. The van der Waals surface area contributed by atoms with Gasteiger partial charge in [-0.3, -0.25) is 9.69 Å². The Morgan fingerprint density at radius 3 is 2.31 bits per heavy atom. The van der Waals surface area contributed by atoms with Crippen molar-refractivity contribution < 1.29 is 4.79 Å². The van der Waals surface area contributed by atoms with Crippen molar-refractivity contribution in [2.45, 2.75) is 52.4 Å². The van der Waals surface area contributed by atoms with E-state index in [1.165, 1.54) is 26.1 Å². The van der Waals surface area contributed by atoms with E-state index in [0.29, 0.717) is 30.5 Å². The van der Waals surface area contributed by atoms with E-state index in [-0.39, 0.29) is 5.91 Å². The third-order valence-corrected chi connectivity index (χ3v) is 5.83. The normalized spacial score (nSPS) is 17.7. The molecule has 1 amide bonds. The molecule has 0 aromatic carbocycles. The lowest BCUT2D eigenvalue weighted by molar-refractivity contribution is -0.117. The fraction of sp³-hybridized carbons (Fsp3) is 0.762. The first kappa shape index (κ1) is 21.8. The van der Waals surface area contributed by atoms with Crippen LogP contribution in [-0.2, 0) is 11.2 Å². The Labute approximate surface area is 174 Å². The smallest absolute Gasteiger partial charge is 0.232 e. The number of piperazine rings is 1. The highest BCUT2D eigenvalue weighted by Gasteiger charge is 2.31. The molecule has 1 fully saturated rings. The number of carbonyl (C=O) groups excluding carboxylic acids is 1. The van der Waals surface area contributed by atoms with E-state index in [0.717, 1.165) is 57.4 Å². The lowest BCUT2D eigenvalue weighted by Gasteiger charge is -2.34. The van der Waals surface area contributed by atoms with Crippen LogP contribution in [0.15, 0.2) is 0 Å². The van der Waals surface area contributed by atoms with Gasteiger partial charge in [-0.05, 0) is 38.8 Å². The molecular weight excluding hydrogens is 366 g/mol. The quantitative estimate of drug-likeness (QED) is 0.546. The maximum atomic E-state index is 12.5. The molecule has 0 radical (unpaired) electrons. The summed E-state index contributed by atoms with van der Waals surface area (Å²) >= 11 is 0. The maximum absolute atomic E-state index is 12.5. The van der Waals surface area contributed by atoms with Crippen molar-refractivity contribution in [3.63, 3.8) is 0 Å². The molecule has 29 heavy (non-hydrogen) atoms. The predicted molar refractivity (Wildman–Crippen MR) is 118 cm³/mol. The molecule has 2 aliphatic rings. The molecule has 2 aliphatic heterocycles. The Bertz CT molecular complexity index is 673. The third-order valence-electron chi connectivity index (χ3n) is 5.83. The van der Waals surface area contributed by atoms with Gasteiger partial charge in [-0.15, -0.1) is 0 Å². The van der Waals surface area contributed by atoms with E-state index in [1.54, 1.807) is 4.90 Å². The highest BCUT2D eigenvalue weighted by molar-refractivity contribution is 6.01. The van der Waals surface area contributed by atoms with Gasteiger partial charge in [-0.2, -0.15) is 9.97 Å². The zero-order valence-corrected chi connectivity index (χ0v) is 18.1. The number of hydrogen-bond donors (Lipinski definition) is 2. The summed E-state index contributed by atoms with van der Waals surface area (Å²) in [4.78, 5) is 28.3. The lowest BCUT2D eigenvalue weighted by Crippen LogP contribution is -2.46. The summed E-state index contributed by atoms with van der Waals surface area (Å²) in [6.07, 6.45) is 5.77. The first-order valence-corrected chi connectivity index (χ1v) is 11.3. The van der Waals surface area contributed by atoms with Gasteiger partial charge in [-0.1, -0.05) is 20.3 Å². The van der Waals surface area contributed by atoms with Crippen molar-refractivity contribution in [2.75, 3.05) is 68.3 Å². The number of carbonyl (C=O) groups is 1. The second-order valence-electron chi connectivity index (χ2n) is 8.13. The molecule has 1 saturated heterocycles. The number of nitrogens with one attached hydrogen (secondary N) is 1. The Kier molecular flexibility index (Phi) is 8.06. The number of nitrogens with zero attached hydrogens (tertiary/aromatic N) is 5. The number of aromatic nitrogens is 2. The molecule has 3 N–H and O–H groups in total. The number of hydrogen-bond acceptors (Lipinski definition) is 7. The Hall–Kier alpha value is -1.93. The predicted octanol–water partition coefficient (Wildman–Crippen LogP) is 1.97. The first-order chi connectivity index (χ1) is 14.1. The first-order valence-electron chi connectivity index (χ1n) is 11.3. The zero-order chi connectivity index (χ0) is 20.6. The van der Waals surface area contributed by atoms with Gasteiger partial charge >= 0.3 is 0 Å². The molecule has 8 nitrogen and oxygen atoms in total. The number of nitrogens with two attached hydrogens (primary N) is 1. The fourth-order valence-corrected chi connectivity index (χ4v) is 4.09. The van der Waals surface area contributed by atoms with Crippen molar-refractivity contribution in [1.82, 2.24) is 19.8 Å². The average Bonchev–Trinajstić information content (AvgIpc) is 3.03. The van der Waals surface area contributed by atoms with E-state index in [1.807, 2.05) is 0 Å². The van der Waals surface area contributed by atoms with Crippen LogP contribution in [0.4, 0.5) is 17.6 Å². The molecule has 3 rings (SSSR count). The molecule has 0 aliphatic carbocycles. The summed E-state index contributed by atoms with van der Waals surface area (Å²) in [6.45, 7) is 12.9. The summed E-state index contributed by atoms with van der Waals surface area (Å²) < 4.78 is 0. The van der Waals surface area contributed by atoms with Crippen LogP contribution < -0.4 is 16.0 Å². The van der Waals surface area contributed by atoms with Crippen LogP contribution in [0.25, 0.3) is 0 Å². The number of unbranched alkanes of at least 4 members (excludes halogenated alkanes) is 2. The van der Waals surface area contributed by atoms with Crippen LogP contribution in [0.3, 0.4) is 0 Å². The molecule has 0 saturated carbocycles. The molecule has 0 unspecified atom stereocenters. The number of rotatable bonds is 11. The highest BCUT2D eigenvalue weighted by Crippen LogP contribution is 2.31. The summed E-state index contributed by atoms with van der Waals surface area (Å²) in [5, 5.41) is 3.22. The minimum absolute atomic E-state index is 0.0832. The van der Waals surface area contributed by atoms with Crippen LogP contribution in [-0.4, -0.2) is 78.0 Å². The maximum Gasteiger partial charge on any atom is 0.232 e. The summed E-state index contributed by atoms with van der Waals surface area (Å²) in [5.41, 5.74) is 6.89. The van der Waals surface area contributed by atoms with Crippen LogP contribution in [0, 0.1) is 0 Å². The van der Waals surface area contributed by atoms with Gasteiger partial charge in [0.15, 0.2) is 0 Å². The molecule has 3 heterocycles. The van der Waals surface area contributed by atoms with Gasteiger partial charge in [0.1, 0.15) is 11.6 Å². The SMILES string of the molecule is CCCCNc1nc(N)c2c(n1)N(CCCCN1CCN(CCC)CC1)C(=O)C2. The van der Waals surface area contributed by atoms with Crippen molar-refractivity contribution in [1.29, 1.82) is 0 Å². The number of amides is 1. The van der Waals surface area contributed by atoms with E-state index < -0.39 is 0 Å². The van der Waals surface area contributed by atoms with Crippen molar-refractivity contribution in [3.8, 4) is 0 Å². The fourth-order valence-electron chi connectivity index (χ4n) is 4.09. The van der Waals surface area contributed by atoms with Gasteiger partial charge in [0, 0.05) is 44.8 Å². The summed E-state index contributed by atoms with van der Waals surface area (Å²) in [6, 6.07) is 0. The zero-order valence-electron chi connectivity index (χ0n) is 18.1. The highest BCUT2D eigenvalue weighted by atomic mass is 16.2. The second kappa shape index (κ2) is 10.7. The minimum Gasteiger partial charge on any atom is -0.383 e. The van der Waals surface area contributed by atoms with Crippen LogP contribution in [0.2, 0.25) is 0 Å². The molecule has 0 spiro atoms. The van der Waals surface area contributed by atoms with Gasteiger partial charge in [0.05, 0.1) is 6.42 Å². The second-order valence-corrected chi connectivity index (χ2v) is 8.13. The standard InChI is InChI=1S/C21H37N7O/c1-3-5-8-23-21-24-19(22)17-16-18(29)28(20(17)25-21)11-7-6-10-27-14-12-26(9-4-2)13-15-27/h3-16H2,1-2H3,(H3,22,23,24,25). The minimum atomic E-state index is 0.0832. The Morgan fingerprint density at radius 1 is 0.931 bits per heavy atom. The van der Waals surface area contributed by atoms with Crippen LogP contribution in [0.1, 0.15) is 51.5 Å². The average molecular weight is 404 g/mol. The molecule has 162 valence electrons. The van der Waals surface area contributed by atoms with Crippen molar-refractivity contribution >= 4 is 23.5 Å². The summed E-state index contributed by atoms with van der Waals surface area (Å²) in [5.74, 6) is 1.74. The van der Waals surface area contributed by atoms with Crippen molar-refractivity contribution in [3.05, 3.63) is 5.56 Å². The molecule has 0 bridgehead atoms. The van der Waals surface area contributed by atoms with Gasteiger partial charge in [0.2, 0.25) is 11.9 Å². The molecule has 8 heteroatoms. The van der Waals surface area contributed by atoms with E-state index in [9.17, 15) is 4.79 Å². The van der Waals surface area contributed by atoms with E-state index >= 15 is 0 Å². The molecular formula is C21H37N7O. The monoisotopic (exact) mass is 403 g/mol. The van der Waals surface area contributed by atoms with Crippen molar-refractivity contribution in [2.24, 2.45) is 0 Å². The topological polar surface area (TPSA) is 90.6 Å². The van der Waals surface area contributed by atoms with Gasteiger partial charge < -0.3 is 20.9 Å². The van der Waals surface area contributed by atoms with Gasteiger partial charge in [0.25, 0.3) is 0 Å². The van der Waals surface area contributed by atoms with Crippen LogP contribution >= 0.6 is 0 Å². The Morgan fingerprint density at radius 2 is 1.62 bits per heavy atom. The lowest BCUT2D eigenvalue weighted by atomic mass is 10.2. The number of nitrogen functional groups attached to an aromatic ring is 1. The largest absolute Gasteiger partial charge is 0.383 e. The summed E-state index contributed by atoms with van der Waals surface area (Å²) in [7, 11) is 0. The molecule has 1 aromatic heterocycles. The molecule has 1 aromatic rings. The molecule has 0 atom stereocenters. The van der Waals surface area contributed by atoms with E-state index in [2.05, 4.69) is 38.9 Å².